The zero-order chi connectivity index (χ0) is 21.3. The molecule has 5 nitrogen and oxygen atoms in total. The lowest BCUT2D eigenvalue weighted by atomic mass is 10.0. The Bertz CT molecular complexity index is 1030. The van der Waals surface area contributed by atoms with Crippen LogP contribution in [0.1, 0.15) is 11.4 Å². The van der Waals surface area contributed by atoms with Crippen LogP contribution in [0.2, 0.25) is 0 Å². The maximum Gasteiger partial charge on any atom is 0.451 e. The molecule has 2 aromatic rings. The van der Waals surface area contributed by atoms with Crippen LogP contribution in [0.5, 0.6) is 0 Å². The second-order valence-electron chi connectivity index (χ2n) is 6.03. The lowest BCUT2D eigenvalue weighted by Crippen LogP contribution is -2.31. The molecule has 29 heavy (non-hydrogen) atoms. The van der Waals surface area contributed by atoms with Crippen LogP contribution in [0.15, 0.2) is 67.0 Å². The molecule has 0 saturated carbocycles. The number of aromatic nitrogens is 2. The van der Waals surface area contributed by atoms with Crippen LogP contribution < -0.4 is 0 Å². The first kappa shape index (κ1) is 20.1. The van der Waals surface area contributed by atoms with Crippen molar-refractivity contribution < 1.29 is 27.2 Å². The van der Waals surface area contributed by atoms with Gasteiger partial charge in [0.2, 0.25) is 5.82 Å². The van der Waals surface area contributed by atoms with E-state index < -0.39 is 29.6 Å². The molecule has 0 unspecified atom stereocenters. The van der Waals surface area contributed by atoms with E-state index in [0.29, 0.717) is 5.56 Å². The largest absolute Gasteiger partial charge is 0.451 e. The average molecular weight is 403 g/mol. The highest BCUT2D eigenvalue weighted by Crippen LogP contribution is 2.29. The van der Waals surface area contributed by atoms with Gasteiger partial charge in [0.15, 0.2) is 0 Å². The summed E-state index contributed by atoms with van der Waals surface area (Å²) in [6.45, 7) is 6.61. The molecule has 1 aliphatic heterocycles. The first-order valence-corrected chi connectivity index (χ1v) is 8.20. The van der Waals surface area contributed by atoms with E-state index in [1.54, 1.807) is 0 Å². The third-order valence-electron chi connectivity index (χ3n) is 4.26. The number of amides is 2. The number of hydrogen-bond acceptors (Lipinski definition) is 4. The highest BCUT2D eigenvalue weighted by Gasteiger charge is 2.36. The van der Waals surface area contributed by atoms with Crippen molar-refractivity contribution in [3.05, 3.63) is 84.3 Å². The van der Waals surface area contributed by atoms with Crippen molar-refractivity contribution in [1.29, 1.82) is 0 Å². The Morgan fingerprint density at radius 3 is 2.00 bits per heavy atom. The molecule has 1 aromatic carbocycles. The van der Waals surface area contributed by atoms with E-state index in [9.17, 15) is 27.2 Å². The second kappa shape index (κ2) is 7.42. The van der Waals surface area contributed by atoms with Crippen molar-refractivity contribution in [3.8, 4) is 11.1 Å². The number of imide groups is 1. The van der Waals surface area contributed by atoms with E-state index >= 15 is 0 Å². The number of carbonyl (C=O) groups excluding carboxylic acids is 2. The van der Waals surface area contributed by atoms with E-state index in [1.165, 1.54) is 24.3 Å². The van der Waals surface area contributed by atoms with Gasteiger partial charge in [-0.05, 0) is 17.7 Å². The molecule has 0 bridgehead atoms. The number of nitrogens with zero attached hydrogens (tertiary/aromatic N) is 3. The number of alkyl halides is 3. The van der Waals surface area contributed by atoms with Crippen LogP contribution in [0.3, 0.4) is 0 Å². The van der Waals surface area contributed by atoms with Crippen molar-refractivity contribution in [2.45, 2.75) is 12.7 Å². The summed E-state index contributed by atoms with van der Waals surface area (Å²) in [4.78, 5) is 32.2. The zero-order valence-corrected chi connectivity index (χ0v) is 14.8. The quantitative estimate of drug-likeness (QED) is 0.562. The maximum atomic E-state index is 14.3. The van der Waals surface area contributed by atoms with Gasteiger partial charge in [-0.1, -0.05) is 31.4 Å². The SMILES string of the molecule is C=CC1=C(C=C)C(=O)N(Cc2cc(-c3cnc(C(F)(F)F)nc3)ccc2F)C1=O. The van der Waals surface area contributed by atoms with Crippen molar-refractivity contribution in [3.63, 3.8) is 0 Å². The molecular weight excluding hydrogens is 390 g/mol. The summed E-state index contributed by atoms with van der Waals surface area (Å²) in [6, 6.07) is 3.74. The van der Waals surface area contributed by atoms with Gasteiger partial charge in [-0.25, -0.2) is 14.4 Å². The van der Waals surface area contributed by atoms with Crippen LogP contribution in [0, 0.1) is 5.82 Å². The zero-order valence-electron chi connectivity index (χ0n) is 14.8. The van der Waals surface area contributed by atoms with E-state index in [1.807, 2.05) is 0 Å². The molecule has 0 radical (unpaired) electrons. The smallest absolute Gasteiger partial charge is 0.270 e. The van der Waals surface area contributed by atoms with E-state index in [0.717, 1.165) is 23.4 Å². The second-order valence-corrected chi connectivity index (χ2v) is 6.03. The number of hydrogen-bond donors (Lipinski definition) is 0. The third kappa shape index (κ3) is 3.71. The van der Waals surface area contributed by atoms with Crippen LogP contribution in [-0.4, -0.2) is 26.7 Å². The van der Waals surface area contributed by atoms with Crippen LogP contribution in [0.25, 0.3) is 11.1 Å². The molecule has 1 aromatic heterocycles. The first-order valence-electron chi connectivity index (χ1n) is 8.20. The fourth-order valence-electron chi connectivity index (χ4n) is 2.82. The van der Waals surface area contributed by atoms with Gasteiger partial charge in [0.1, 0.15) is 5.82 Å². The molecule has 0 N–H and O–H groups in total. The maximum absolute atomic E-state index is 14.3. The van der Waals surface area contributed by atoms with Crippen LogP contribution in [0.4, 0.5) is 17.6 Å². The molecule has 3 rings (SSSR count). The minimum Gasteiger partial charge on any atom is -0.270 e. The monoisotopic (exact) mass is 403 g/mol. The first-order chi connectivity index (χ1) is 13.7. The number of rotatable bonds is 5. The Morgan fingerprint density at radius 2 is 1.52 bits per heavy atom. The molecule has 0 saturated heterocycles. The molecular formula is C20H13F4N3O2. The summed E-state index contributed by atoms with van der Waals surface area (Å²) in [5.74, 6) is -3.25. The Morgan fingerprint density at radius 1 is 0.966 bits per heavy atom. The number of carbonyl (C=O) groups is 2. The predicted molar refractivity (Wildman–Crippen MR) is 95.4 cm³/mol. The molecule has 1 aliphatic rings. The summed E-state index contributed by atoms with van der Waals surface area (Å²) in [6.07, 6.45) is -0.298. The van der Waals surface area contributed by atoms with Crippen LogP contribution in [-0.2, 0) is 22.3 Å². The Kier molecular flexibility index (Phi) is 5.15. The van der Waals surface area contributed by atoms with Gasteiger partial charge in [0, 0.05) is 23.5 Å². The molecule has 2 heterocycles. The lowest BCUT2D eigenvalue weighted by Gasteiger charge is -2.16. The molecule has 0 fully saturated rings. The fraction of sp³-hybridized carbons (Fsp3) is 0.100. The Balaban J connectivity index is 1.91. The third-order valence-corrected chi connectivity index (χ3v) is 4.26. The summed E-state index contributed by atoms with van der Waals surface area (Å²) in [7, 11) is 0. The van der Waals surface area contributed by atoms with Gasteiger partial charge in [-0.3, -0.25) is 14.5 Å². The normalized spacial score (nSPS) is 14.6. The van der Waals surface area contributed by atoms with Gasteiger partial charge in [-0.2, -0.15) is 13.2 Å². The minimum absolute atomic E-state index is 0.00202. The number of benzene rings is 1. The van der Waals surface area contributed by atoms with Crippen molar-refractivity contribution in [2.75, 3.05) is 0 Å². The molecule has 0 aliphatic carbocycles. The highest BCUT2D eigenvalue weighted by atomic mass is 19.4. The summed E-state index contributed by atoms with van der Waals surface area (Å²) >= 11 is 0. The highest BCUT2D eigenvalue weighted by molar-refractivity contribution is 6.21. The fourth-order valence-corrected chi connectivity index (χ4v) is 2.82. The van der Waals surface area contributed by atoms with Crippen molar-refractivity contribution in [2.24, 2.45) is 0 Å². The molecule has 0 spiro atoms. The van der Waals surface area contributed by atoms with Gasteiger partial charge < -0.3 is 0 Å². The summed E-state index contributed by atoms with van der Waals surface area (Å²) in [5, 5.41) is 0. The molecule has 148 valence electrons. The number of halogens is 4. The minimum atomic E-state index is -4.68. The summed E-state index contributed by atoms with van der Waals surface area (Å²) < 4.78 is 52.1. The molecule has 2 amide bonds. The topological polar surface area (TPSA) is 63.2 Å². The Hall–Kier alpha value is -3.62. The standard InChI is InChI=1S/C20H13F4N3O2/c1-3-14-15(4-2)18(29)27(17(14)28)10-12-7-11(5-6-16(12)21)13-8-25-19(26-9-13)20(22,23)24/h3-9H,1-2,10H2. The van der Waals surface area contributed by atoms with Crippen LogP contribution >= 0.6 is 0 Å². The van der Waals surface area contributed by atoms with E-state index in [-0.39, 0.29) is 28.8 Å². The van der Waals surface area contributed by atoms with Gasteiger partial charge >= 0.3 is 6.18 Å². The summed E-state index contributed by atoms with van der Waals surface area (Å²) in [5.41, 5.74) is 0.679. The predicted octanol–water partition coefficient (Wildman–Crippen LogP) is 3.84. The average Bonchev–Trinajstić information content (AvgIpc) is 2.92. The van der Waals surface area contributed by atoms with Gasteiger partial charge in [0.25, 0.3) is 11.8 Å². The molecule has 0 atom stereocenters. The lowest BCUT2D eigenvalue weighted by molar-refractivity contribution is -0.145. The van der Waals surface area contributed by atoms with E-state index in [4.69, 9.17) is 0 Å². The Labute approximate surface area is 162 Å². The van der Waals surface area contributed by atoms with Crippen molar-refractivity contribution >= 4 is 11.8 Å². The van der Waals surface area contributed by atoms with Gasteiger partial charge in [0.05, 0.1) is 17.7 Å². The van der Waals surface area contributed by atoms with E-state index in [2.05, 4.69) is 23.1 Å². The van der Waals surface area contributed by atoms with Gasteiger partial charge in [-0.15, -0.1) is 0 Å². The molecule has 9 heteroatoms. The van der Waals surface area contributed by atoms with Crippen molar-refractivity contribution in [1.82, 2.24) is 14.9 Å².